The largest absolute Gasteiger partial charge is 0.489 e. The Morgan fingerprint density at radius 2 is 2.06 bits per heavy atom. The second kappa shape index (κ2) is 9.16. The Bertz CT molecular complexity index is 1010. The number of ether oxygens (including phenoxy) is 3. The van der Waals surface area contributed by atoms with Gasteiger partial charge in [-0.2, -0.15) is 0 Å². The van der Waals surface area contributed by atoms with Crippen molar-refractivity contribution < 1.29 is 18.6 Å². The fourth-order valence-electron chi connectivity index (χ4n) is 4.40. The van der Waals surface area contributed by atoms with E-state index in [4.69, 9.17) is 18.6 Å². The van der Waals surface area contributed by atoms with Crippen LogP contribution in [0.4, 0.5) is 0 Å². The minimum atomic E-state index is 0.445. The zero-order chi connectivity index (χ0) is 21.0. The summed E-state index contributed by atoms with van der Waals surface area (Å²) in [5.74, 6) is 2.17. The van der Waals surface area contributed by atoms with Crippen molar-refractivity contribution in [2.24, 2.45) is 5.92 Å². The highest BCUT2D eigenvalue weighted by atomic mass is 16.5. The number of hydrogen-bond acceptors (Lipinski definition) is 5. The number of fused-ring (bicyclic) bond motifs is 1. The maximum atomic E-state index is 6.35. The SMILES string of the molecule is Cc1ccccc1-c1cc2c(c(OCC3CCOC3)c1)OCCN(Cc1ccoc1)C2. The van der Waals surface area contributed by atoms with Gasteiger partial charge in [0.25, 0.3) is 0 Å². The van der Waals surface area contributed by atoms with Crippen LogP contribution in [0.25, 0.3) is 11.1 Å². The van der Waals surface area contributed by atoms with Gasteiger partial charge in [0.2, 0.25) is 0 Å². The Balaban J connectivity index is 1.48. The van der Waals surface area contributed by atoms with E-state index in [2.05, 4.69) is 48.2 Å². The summed E-state index contributed by atoms with van der Waals surface area (Å²) in [6, 6.07) is 14.9. The summed E-state index contributed by atoms with van der Waals surface area (Å²) >= 11 is 0. The van der Waals surface area contributed by atoms with Crippen LogP contribution in [0, 0.1) is 12.8 Å². The molecular weight excluding hydrogens is 390 g/mol. The molecule has 0 saturated carbocycles. The smallest absolute Gasteiger partial charge is 0.165 e. The van der Waals surface area contributed by atoms with Gasteiger partial charge in [-0.05, 0) is 48.2 Å². The number of aryl methyl sites for hydroxylation is 1. The van der Waals surface area contributed by atoms with Gasteiger partial charge >= 0.3 is 0 Å². The Morgan fingerprint density at radius 3 is 2.87 bits per heavy atom. The predicted octanol–water partition coefficient (Wildman–Crippen LogP) is 5.06. The molecule has 1 saturated heterocycles. The first-order valence-electron chi connectivity index (χ1n) is 11.1. The molecule has 0 bridgehead atoms. The molecule has 0 amide bonds. The molecule has 162 valence electrons. The van der Waals surface area contributed by atoms with Crippen molar-refractivity contribution in [3.63, 3.8) is 0 Å². The standard InChI is InChI=1S/C26H29NO4/c1-19-4-2-3-5-24(19)22-12-23-15-27(14-20-6-9-28-16-20)8-11-30-26(23)25(13-22)31-18-21-7-10-29-17-21/h2-6,9,12-13,16,21H,7-8,10-11,14-15,17-18H2,1H3. The van der Waals surface area contributed by atoms with E-state index in [1.807, 2.05) is 12.3 Å². The zero-order valence-electron chi connectivity index (χ0n) is 18.0. The fraction of sp³-hybridized carbons (Fsp3) is 0.385. The first-order chi connectivity index (χ1) is 15.3. The molecule has 2 aromatic carbocycles. The lowest BCUT2D eigenvalue weighted by Gasteiger charge is -2.20. The molecule has 31 heavy (non-hydrogen) atoms. The zero-order valence-corrected chi connectivity index (χ0v) is 18.0. The van der Waals surface area contributed by atoms with Gasteiger partial charge in [-0.15, -0.1) is 0 Å². The highest BCUT2D eigenvalue weighted by Gasteiger charge is 2.23. The summed E-state index contributed by atoms with van der Waals surface area (Å²) < 4.78 is 23.4. The van der Waals surface area contributed by atoms with E-state index in [9.17, 15) is 0 Å². The fourth-order valence-corrected chi connectivity index (χ4v) is 4.40. The van der Waals surface area contributed by atoms with Crippen molar-refractivity contribution in [1.82, 2.24) is 4.90 Å². The predicted molar refractivity (Wildman–Crippen MR) is 119 cm³/mol. The molecule has 5 nitrogen and oxygen atoms in total. The van der Waals surface area contributed by atoms with E-state index in [0.29, 0.717) is 19.1 Å². The highest BCUT2D eigenvalue weighted by molar-refractivity contribution is 5.72. The lowest BCUT2D eigenvalue weighted by atomic mass is 9.97. The number of hydrogen-bond donors (Lipinski definition) is 0. The van der Waals surface area contributed by atoms with Gasteiger partial charge in [0.05, 0.1) is 25.7 Å². The van der Waals surface area contributed by atoms with Gasteiger partial charge in [-0.25, -0.2) is 0 Å². The molecule has 2 aliphatic heterocycles. The summed E-state index contributed by atoms with van der Waals surface area (Å²) in [5, 5.41) is 0. The second-order valence-corrected chi connectivity index (χ2v) is 8.51. The molecule has 1 unspecified atom stereocenters. The maximum absolute atomic E-state index is 6.35. The van der Waals surface area contributed by atoms with Gasteiger partial charge in [0, 0.05) is 43.3 Å². The van der Waals surface area contributed by atoms with Crippen LogP contribution in [-0.2, 0) is 17.8 Å². The maximum Gasteiger partial charge on any atom is 0.165 e. The van der Waals surface area contributed by atoms with Gasteiger partial charge < -0.3 is 18.6 Å². The molecule has 0 spiro atoms. The molecule has 5 heteroatoms. The van der Waals surface area contributed by atoms with Crippen molar-refractivity contribution in [3.8, 4) is 22.6 Å². The molecule has 0 radical (unpaired) electrons. The molecule has 0 N–H and O–H groups in total. The number of benzene rings is 2. The van der Waals surface area contributed by atoms with E-state index in [0.717, 1.165) is 50.8 Å². The van der Waals surface area contributed by atoms with Crippen LogP contribution >= 0.6 is 0 Å². The number of furan rings is 1. The van der Waals surface area contributed by atoms with E-state index < -0.39 is 0 Å². The minimum Gasteiger partial charge on any atom is -0.489 e. The van der Waals surface area contributed by atoms with Gasteiger partial charge in [0.1, 0.15) is 6.61 Å². The molecule has 1 aromatic heterocycles. The van der Waals surface area contributed by atoms with Crippen LogP contribution in [-0.4, -0.2) is 37.9 Å². The van der Waals surface area contributed by atoms with Gasteiger partial charge in [0.15, 0.2) is 11.5 Å². The number of rotatable bonds is 6. The first kappa shape index (κ1) is 20.2. The van der Waals surface area contributed by atoms with Crippen molar-refractivity contribution in [2.45, 2.75) is 26.4 Å². The second-order valence-electron chi connectivity index (χ2n) is 8.51. The third kappa shape index (κ3) is 4.63. The Morgan fingerprint density at radius 1 is 1.13 bits per heavy atom. The average Bonchev–Trinajstić information content (AvgIpc) is 3.44. The normalized spacial score (nSPS) is 18.9. The van der Waals surface area contributed by atoms with Gasteiger partial charge in [-0.1, -0.05) is 24.3 Å². The molecule has 1 atom stereocenters. The molecule has 3 aromatic rings. The molecule has 3 heterocycles. The quantitative estimate of drug-likeness (QED) is 0.558. The summed E-state index contributed by atoms with van der Waals surface area (Å²) in [7, 11) is 0. The molecule has 2 aliphatic rings. The van der Waals surface area contributed by atoms with Crippen molar-refractivity contribution in [3.05, 3.63) is 71.7 Å². The summed E-state index contributed by atoms with van der Waals surface area (Å²) in [6.07, 6.45) is 4.60. The monoisotopic (exact) mass is 419 g/mol. The Kier molecular flexibility index (Phi) is 5.96. The van der Waals surface area contributed by atoms with E-state index in [-0.39, 0.29) is 0 Å². The van der Waals surface area contributed by atoms with Crippen molar-refractivity contribution in [1.29, 1.82) is 0 Å². The van der Waals surface area contributed by atoms with Crippen LogP contribution in [0.5, 0.6) is 11.5 Å². The number of nitrogens with zero attached hydrogens (tertiary/aromatic N) is 1. The summed E-state index contributed by atoms with van der Waals surface area (Å²) in [4.78, 5) is 2.40. The van der Waals surface area contributed by atoms with Crippen molar-refractivity contribution >= 4 is 0 Å². The van der Waals surface area contributed by atoms with E-state index in [1.165, 1.54) is 27.8 Å². The van der Waals surface area contributed by atoms with Crippen LogP contribution in [0.2, 0.25) is 0 Å². The van der Waals surface area contributed by atoms with Crippen LogP contribution in [0.15, 0.2) is 59.4 Å². The third-order valence-electron chi connectivity index (χ3n) is 6.12. The Hall–Kier alpha value is -2.76. The lowest BCUT2D eigenvalue weighted by molar-refractivity contribution is 0.164. The lowest BCUT2D eigenvalue weighted by Crippen LogP contribution is -2.25. The summed E-state index contributed by atoms with van der Waals surface area (Å²) in [6.45, 7) is 7.55. The summed E-state index contributed by atoms with van der Waals surface area (Å²) in [5.41, 5.74) is 5.99. The van der Waals surface area contributed by atoms with E-state index in [1.54, 1.807) is 6.26 Å². The third-order valence-corrected chi connectivity index (χ3v) is 6.12. The van der Waals surface area contributed by atoms with Crippen molar-refractivity contribution in [2.75, 3.05) is 33.0 Å². The molecule has 0 aliphatic carbocycles. The average molecular weight is 420 g/mol. The molecular formula is C26H29NO4. The van der Waals surface area contributed by atoms with Crippen LogP contribution in [0.1, 0.15) is 23.1 Å². The molecule has 1 fully saturated rings. The highest BCUT2D eigenvalue weighted by Crippen LogP contribution is 2.40. The minimum absolute atomic E-state index is 0.445. The first-order valence-corrected chi connectivity index (χ1v) is 11.1. The Labute approximate surface area is 183 Å². The van der Waals surface area contributed by atoms with Crippen LogP contribution < -0.4 is 9.47 Å². The topological polar surface area (TPSA) is 44.1 Å². The van der Waals surface area contributed by atoms with E-state index >= 15 is 0 Å². The molecule has 5 rings (SSSR count). The van der Waals surface area contributed by atoms with Crippen LogP contribution in [0.3, 0.4) is 0 Å². The van der Waals surface area contributed by atoms with Gasteiger partial charge in [-0.3, -0.25) is 4.90 Å².